The summed E-state index contributed by atoms with van der Waals surface area (Å²) in [5, 5.41) is 8.54. The Morgan fingerprint density at radius 1 is 0.896 bits per heavy atom. The number of anilines is 5. The van der Waals surface area contributed by atoms with Gasteiger partial charge in [-0.15, -0.1) is 0 Å². The molecule has 15 nitrogen and oxygen atoms in total. The largest absolute Gasteiger partial charge is 0.489 e. The average molecular weight is 953 g/mol. The van der Waals surface area contributed by atoms with E-state index in [1.54, 1.807) is 43.0 Å². The second kappa shape index (κ2) is 19.4. The minimum Gasteiger partial charge on any atom is -0.489 e. The van der Waals surface area contributed by atoms with Crippen molar-refractivity contribution in [1.82, 2.24) is 30.0 Å². The number of imide groups is 1. The Labute approximate surface area is 398 Å². The highest BCUT2D eigenvalue weighted by atomic mass is 35.5. The van der Waals surface area contributed by atoms with Gasteiger partial charge in [-0.3, -0.25) is 29.5 Å². The number of hydrogen-bond acceptors (Lipinski definition) is 13. The van der Waals surface area contributed by atoms with Crippen LogP contribution in [-0.4, -0.2) is 120 Å². The SMILES string of the molecule is Cc1cc(Nc2ncc(Cl)c(Nc3ccccc3S(=O)(=O)C(C)C)n2)c(OC(C)C)cc1C1CCN(C2CN(CC3CCN(c4ccc5c(c4)CN(C4CCC(=O)NC4=O)C5=O)CC3)C2)CC1. The monoisotopic (exact) mass is 951 g/mol. The number of nitrogens with zero attached hydrogens (tertiary/aromatic N) is 6. The van der Waals surface area contributed by atoms with Gasteiger partial charge in [0, 0.05) is 63.0 Å². The number of piperidine rings is 3. The van der Waals surface area contributed by atoms with Crippen molar-refractivity contribution >= 4 is 68.0 Å². The first kappa shape index (κ1) is 46.8. The van der Waals surface area contributed by atoms with E-state index in [9.17, 15) is 22.8 Å². The normalized spacial score (nSPS) is 20.4. The Morgan fingerprint density at radius 2 is 1.64 bits per heavy atom. The van der Waals surface area contributed by atoms with Crippen molar-refractivity contribution in [2.75, 3.05) is 61.3 Å². The van der Waals surface area contributed by atoms with Gasteiger partial charge in [-0.2, -0.15) is 4.98 Å². The molecule has 1 unspecified atom stereocenters. The quantitative estimate of drug-likeness (QED) is 0.107. The van der Waals surface area contributed by atoms with E-state index in [2.05, 4.69) is 65.7 Å². The van der Waals surface area contributed by atoms with Gasteiger partial charge in [-0.05, 0) is 151 Å². The maximum atomic E-state index is 13.2. The molecule has 356 valence electrons. The van der Waals surface area contributed by atoms with Crippen molar-refractivity contribution in [3.05, 3.63) is 88.1 Å². The van der Waals surface area contributed by atoms with Crippen LogP contribution in [0.15, 0.2) is 65.7 Å². The molecule has 5 aliphatic rings. The van der Waals surface area contributed by atoms with Gasteiger partial charge in [0.1, 0.15) is 16.8 Å². The van der Waals surface area contributed by atoms with E-state index in [1.165, 1.54) is 17.3 Å². The Morgan fingerprint density at radius 3 is 2.36 bits per heavy atom. The lowest BCUT2D eigenvalue weighted by Gasteiger charge is -2.49. The molecule has 1 atom stereocenters. The van der Waals surface area contributed by atoms with Crippen LogP contribution in [0.1, 0.15) is 99.2 Å². The number of aryl methyl sites for hydroxylation is 1. The number of para-hydroxylation sites is 1. The average Bonchev–Trinajstić information content (AvgIpc) is 3.61. The van der Waals surface area contributed by atoms with Gasteiger partial charge in [0.25, 0.3) is 5.91 Å². The first-order valence-corrected chi connectivity index (χ1v) is 25.7. The fourth-order valence-electron chi connectivity index (χ4n) is 10.4. The van der Waals surface area contributed by atoms with Gasteiger partial charge in [0.15, 0.2) is 15.7 Å². The van der Waals surface area contributed by atoms with Gasteiger partial charge in [0.05, 0.1) is 33.8 Å². The molecule has 9 rings (SSSR count). The van der Waals surface area contributed by atoms with Crippen molar-refractivity contribution in [3.8, 4) is 5.75 Å². The van der Waals surface area contributed by atoms with Gasteiger partial charge in [-0.1, -0.05) is 23.7 Å². The summed E-state index contributed by atoms with van der Waals surface area (Å²) in [6, 6.07) is 17.1. The highest BCUT2D eigenvalue weighted by Gasteiger charge is 2.40. The lowest BCUT2D eigenvalue weighted by atomic mass is 9.85. The van der Waals surface area contributed by atoms with E-state index in [4.69, 9.17) is 16.3 Å². The van der Waals surface area contributed by atoms with Crippen molar-refractivity contribution in [3.63, 3.8) is 0 Å². The molecule has 4 aromatic rings. The molecule has 0 bridgehead atoms. The third-order valence-corrected chi connectivity index (χ3v) is 16.7. The number of ether oxygens (including phenoxy) is 1. The summed E-state index contributed by atoms with van der Waals surface area (Å²) in [4.78, 5) is 56.0. The first-order valence-electron chi connectivity index (χ1n) is 23.8. The molecule has 3 N–H and O–H groups in total. The van der Waals surface area contributed by atoms with Crippen molar-refractivity contribution in [1.29, 1.82) is 0 Å². The molecular weight excluding hydrogens is 890 g/mol. The molecule has 0 spiro atoms. The molecule has 3 aromatic carbocycles. The summed E-state index contributed by atoms with van der Waals surface area (Å²) in [6.07, 6.45) is 6.48. The fourth-order valence-corrected chi connectivity index (χ4v) is 11.8. The van der Waals surface area contributed by atoms with Crippen molar-refractivity contribution in [2.24, 2.45) is 5.92 Å². The molecule has 4 fully saturated rings. The third-order valence-electron chi connectivity index (χ3n) is 14.2. The number of benzene rings is 3. The van der Waals surface area contributed by atoms with Gasteiger partial charge >= 0.3 is 0 Å². The lowest BCUT2D eigenvalue weighted by Crippen LogP contribution is -2.61. The summed E-state index contributed by atoms with van der Waals surface area (Å²) in [5.41, 5.74) is 6.33. The molecular formula is C50H62ClN9O6S. The van der Waals surface area contributed by atoms with Crippen molar-refractivity contribution in [2.45, 2.75) is 114 Å². The predicted octanol–water partition coefficient (Wildman–Crippen LogP) is 7.44. The lowest BCUT2D eigenvalue weighted by molar-refractivity contribution is -0.136. The molecule has 0 saturated carbocycles. The van der Waals surface area contributed by atoms with Crippen LogP contribution in [0, 0.1) is 12.8 Å². The number of hydrogen-bond donors (Lipinski definition) is 3. The molecule has 0 radical (unpaired) electrons. The van der Waals surface area contributed by atoms with E-state index >= 15 is 0 Å². The number of halogens is 1. The summed E-state index contributed by atoms with van der Waals surface area (Å²) in [5.74, 6) is 1.59. The van der Waals surface area contributed by atoms with E-state index in [1.807, 2.05) is 26.0 Å². The fraction of sp³-hybridized carbons (Fsp3) is 0.500. The van der Waals surface area contributed by atoms with Gasteiger partial charge in [-0.25, -0.2) is 13.4 Å². The van der Waals surface area contributed by atoms with Crippen LogP contribution in [0.5, 0.6) is 5.75 Å². The van der Waals surface area contributed by atoms with E-state index < -0.39 is 21.1 Å². The zero-order valence-corrected chi connectivity index (χ0v) is 40.6. The van der Waals surface area contributed by atoms with E-state index in [-0.39, 0.29) is 46.0 Å². The molecule has 6 heterocycles. The Kier molecular flexibility index (Phi) is 13.5. The second-order valence-corrected chi connectivity index (χ2v) is 22.3. The standard InChI is InChI=1S/C50H62ClN9O6S/c1-30(2)66-44-24-39(32(5)22-42(44)54-50-52-25-40(51)47(56-50)53-41-8-6-7-9-45(41)67(64,65)31(3)4)34-16-20-59(21-17-34)37-28-57(29-37)26-33-14-18-58(19-15-33)36-10-11-38-35(23-36)27-60(49(38)63)43-12-13-46(61)55-48(43)62/h6-11,22-25,30-31,33-34,37,43H,12-21,26-29H2,1-5H3,(H,55,61,62)(H2,52,53,54,56). The number of likely N-dealkylation sites (tertiary alicyclic amines) is 2. The molecule has 1 aromatic heterocycles. The number of aromatic nitrogens is 2. The zero-order valence-electron chi connectivity index (χ0n) is 39.1. The van der Waals surface area contributed by atoms with Crippen LogP contribution >= 0.6 is 11.6 Å². The van der Waals surface area contributed by atoms with Crippen LogP contribution < -0.4 is 25.6 Å². The smallest absolute Gasteiger partial charge is 0.255 e. The minimum atomic E-state index is -3.57. The number of rotatable bonds is 14. The molecule has 4 saturated heterocycles. The maximum absolute atomic E-state index is 13.2. The minimum absolute atomic E-state index is 0.0609. The first-order chi connectivity index (χ1) is 32.1. The maximum Gasteiger partial charge on any atom is 0.255 e. The summed E-state index contributed by atoms with van der Waals surface area (Å²) < 4.78 is 32.6. The molecule has 17 heteroatoms. The molecule has 3 amide bonds. The topological polar surface area (TPSA) is 169 Å². The zero-order chi connectivity index (χ0) is 47.1. The van der Waals surface area contributed by atoms with Crippen LogP contribution in [0.4, 0.5) is 28.8 Å². The number of amides is 3. The van der Waals surface area contributed by atoms with E-state index in [0.29, 0.717) is 48.0 Å². The molecule has 5 aliphatic heterocycles. The number of fused-ring (bicyclic) bond motifs is 1. The van der Waals surface area contributed by atoms with Gasteiger partial charge in [0.2, 0.25) is 17.8 Å². The van der Waals surface area contributed by atoms with Crippen LogP contribution in [0.25, 0.3) is 0 Å². The number of carbonyl (C=O) groups is 3. The molecule has 0 aliphatic carbocycles. The highest BCUT2D eigenvalue weighted by Crippen LogP contribution is 2.40. The number of sulfone groups is 1. The highest BCUT2D eigenvalue weighted by molar-refractivity contribution is 7.92. The molecule has 67 heavy (non-hydrogen) atoms. The Hall–Kier alpha value is -5.29. The predicted molar refractivity (Wildman–Crippen MR) is 261 cm³/mol. The summed E-state index contributed by atoms with van der Waals surface area (Å²) in [6.45, 7) is 17.3. The van der Waals surface area contributed by atoms with Crippen LogP contribution in [-0.2, 0) is 26.0 Å². The van der Waals surface area contributed by atoms with Crippen molar-refractivity contribution < 1.29 is 27.5 Å². The van der Waals surface area contributed by atoms with Crippen LogP contribution in [0.3, 0.4) is 0 Å². The number of nitrogens with one attached hydrogen (secondary N) is 3. The van der Waals surface area contributed by atoms with Crippen LogP contribution in [0.2, 0.25) is 5.02 Å². The van der Waals surface area contributed by atoms with E-state index in [0.717, 1.165) is 94.2 Å². The van der Waals surface area contributed by atoms with Gasteiger partial charge < -0.3 is 25.2 Å². The third kappa shape index (κ3) is 9.99. The summed E-state index contributed by atoms with van der Waals surface area (Å²) >= 11 is 6.54. The number of carbonyl (C=O) groups excluding carboxylic acids is 3. The Balaban J connectivity index is 0.757. The second-order valence-electron chi connectivity index (χ2n) is 19.5. The summed E-state index contributed by atoms with van der Waals surface area (Å²) in [7, 11) is -3.57. The Bertz CT molecular complexity index is 2640.